The van der Waals surface area contributed by atoms with E-state index in [2.05, 4.69) is 10.1 Å². The number of hydrogen-bond acceptors (Lipinski definition) is 5. The van der Waals surface area contributed by atoms with E-state index in [-0.39, 0.29) is 10.6 Å². The zero-order valence-corrected chi connectivity index (χ0v) is 15.2. The molecule has 1 N–H and O–H groups in total. The zero-order valence-electron chi connectivity index (χ0n) is 14.4. The summed E-state index contributed by atoms with van der Waals surface area (Å²) in [6.45, 7) is -0.808. The number of rotatable bonds is 6. The second-order valence-corrected chi connectivity index (χ2v) is 7.69. The standard InChI is InChI=1S/C17H16F2N2O5S/c1-21(2)27(24,25)12-6-3-5-11(9-12)20-15(22)10-26-17(23)16-13(18)7-4-8-14(16)19/h3-9H,10H2,1-2H3,(H,20,22). The van der Waals surface area contributed by atoms with E-state index in [1.165, 1.54) is 38.4 Å². The van der Waals surface area contributed by atoms with E-state index >= 15 is 0 Å². The molecule has 0 heterocycles. The van der Waals surface area contributed by atoms with Gasteiger partial charge in [0.2, 0.25) is 10.0 Å². The van der Waals surface area contributed by atoms with Gasteiger partial charge in [-0.1, -0.05) is 12.1 Å². The van der Waals surface area contributed by atoms with Crippen LogP contribution in [0.2, 0.25) is 0 Å². The lowest BCUT2D eigenvalue weighted by atomic mass is 10.2. The number of anilines is 1. The molecule has 0 aliphatic rings. The van der Waals surface area contributed by atoms with Crippen molar-refractivity contribution in [1.29, 1.82) is 0 Å². The number of ether oxygens (including phenoxy) is 1. The second-order valence-electron chi connectivity index (χ2n) is 5.54. The van der Waals surface area contributed by atoms with E-state index in [1.807, 2.05) is 0 Å². The molecule has 0 fully saturated rings. The van der Waals surface area contributed by atoms with Crippen molar-refractivity contribution in [3.05, 3.63) is 59.7 Å². The Morgan fingerprint density at radius 2 is 1.67 bits per heavy atom. The fourth-order valence-corrected chi connectivity index (χ4v) is 2.99. The van der Waals surface area contributed by atoms with Gasteiger partial charge in [-0.3, -0.25) is 4.79 Å². The molecule has 2 aromatic carbocycles. The first-order valence-corrected chi connectivity index (χ1v) is 9.00. The quantitative estimate of drug-likeness (QED) is 0.752. The SMILES string of the molecule is CN(C)S(=O)(=O)c1cccc(NC(=O)COC(=O)c2c(F)cccc2F)c1. The van der Waals surface area contributed by atoms with Gasteiger partial charge >= 0.3 is 5.97 Å². The van der Waals surface area contributed by atoms with Crippen LogP contribution in [-0.2, 0) is 19.6 Å². The largest absolute Gasteiger partial charge is 0.452 e. The van der Waals surface area contributed by atoms with Crippen LogP contribution < -0.4 is 5.32 Å². The molecule has 1 amide bonds. The monoisotopic (exact) mass is 398 g/mol. The third-order valence-electron chi connectivity index (χ3n) is 3.40. The number of carbonyl (C=O) groups is 2. The highest BCUT2D eigenvalue weighted by molar-refractivity contribution is 7.89. The van der Waals surface area contributed by atoms with Crippen molar-refractivity contribution in [1.82, 2.24) is 4.31 Å². The molecule has 0 aromatic heterocycles. The highest BCUT2D eigenvalue weighted by Crippen LogP contribution is 2.18. The van der Waals surface area contributed by atoms with E-state index in [1.54, 1.807) is 0 Å². The van der Waals surface area contributed by atoms with Crippen LogP contribution >= 0.6 is 0 Å². The molecular formula is C17H16F2N2O5S. The lowest BCUT2D eigenvalue weighted by Gasteiger charge is -2.13. The molecule has 0 saturated carbocycles. The van der Waals surface area contributed by atoms with Gasteiger partial charge in [0.05, 0.1) is 4.90 Å². The summed E-state index contributed by atoms with van der Waals surface area (Å²) in [5.41, 5.74) is -0.750. The van der Waals surface area contributed by atoms with Crippen LogP contribution in [0.5, 0.6) is 0 Å². The number of nitrogens with zero attached hydrogens (tertiary/aromatic N) is 1. The summed E-state index contributed by atoms with van der Waals surface area (Å²) in [4.78, 5) is 23.6. The van der Waals surface area contributed by atoms with Crippen LogP contribution in [0.1, 0.15) is 10.4 Å². The Morgan fingerprint density at radius 3 is 2.26 bits per heavy atom. The molecule has 7 nitrogen and oxygen atoms in total. The van der Waals surface area contributed by atoms with E-state index in [9.17, 15) is 26.8 Å². The summed E-state index contributed by atoms with van der Waals surface area (Å²) in [5, 5.41) is 2.34. The summed E-state index contributed by atoms with van der Waals surface area (Å²) in [7, 11) is -0.967. The lowest BCUT2D eigenvalue weighted by Crippen LogP contribution is -2.23. The topological polar surface area (TPSA) is 92.8 Å². The van der Waals surface area contributed by atoms with Gasteiger partial charge in [0, 0.05) is 19.8 Å². The van der Waals surface area contributed by atoms with Crippen molar-refractivity contribution in [2.45, 2.75) is 4.90 Å². The van der Waals surface area contributed by atoms with E-state index in [0.717, 1.165) is 22.5 Å². The summed E-state index contributed by atoms with van der Waals surface area (Å²) < 4.78 is 56.8. The molecule has 27 heavy (non-hydrogen) atoms. The molecule has 2 aromatic rings. The number of sulfonamides is 1. The molecule has 144 valence electrons. The molecule has 0 aliphatic carbocycles. The Bertz CT molecular complexity index is 957. The van der Waals surface area contributed by atoms with Gasteiger partial charge in [0.25, 0.3) is 5.91 Å². The van der Waals surface area contributed by atoms with Gasteiger partial charge < -0.3 is 10.1 Å². The van der Waals surface area contributed by atoms with Crippen molar-refractivity contribution < 1.29 is 31.5 Å². The fourth-order valence-electron chi connectivity index (χ4n) is 2.04. The van der Waals surface area contributed by atoms with Gasteiger partial charge in [0.1, 0.15) is 17.2 Å². The van der Waals surface area contributed by atoms with E-state index in [4.69, 9.17) is 0 Å². The molecule has 2 rings (SSSR count). The van der Waals surface area contributed by atoms with Gasteiger partial charge in [-0.05, 0) is 30.3 Å². The van der Waals surface area contributed by atoms with Crippen molar-refractivity contribution in [2.24, 2.45) is 0 Å². The van der Waals surface area contributed by atoms with E-state index in [0.29, 0.717) is 0 Å². The highest BCUT2D eigenvalue weighted by Gasteiger charge is 2.20. The summed E-state index contributed by atoms with van der Waals surface area (Å²) >= 11 is 0. The summed E-state index contributed by atoms with van der Waals surface area (Å²) in [6.07, 6.45) is 0. The molecular weight excluding hydrogens is 382 g/mol. The molecule has 0 aliphatic heterocycles. The zero-order chi connectivity index (χ0) is 20.2. The minimum atomic E-state index is -3.69. The van der Waals surface area contributed by atoms with Gasteiger partial charge in [0.15, 0.2) is 6.61 Å². The number of carbonyl (C=O) groups excluding carboxylic acids is 2. The van der Waals surface area contributed by atoms with Gasteiger partial charge in [-0.15, -0.1) is 0 Å². The predicted octanol–water partition coefficient (Wildman–Crippen LogP) is 2.01. The Labute approximate surface area is 154 Å². The van der Waals surface area contributed by atoms with Crippen LogP contribution in [-0.4, -0.2) is 45.3 Å². The maximum Gasteiger partial charge on any atom is 0.344 e. The summed E-state index contributed by atoms with van der Waals surface area (Å²) in [5.74, 6) is -4.35. The first-order chi connectivity index (χ1) is 12.6. The minimum absolute atomic E-state index is 0.0456. The Kier molecular flexibility index (Phi) is 6.24. The molecule has 10 heteroatoms. The second kappa shape index (κ2) is 8.23. The van der Waals surface area contributed by atoms with E-state index < -0.39 is 45.7 Å². The highest BCUT2D eigenvalue weighted by atomic mass is 32.2. The van der Waals surface area contributed by atoms with Gasteiger partial charge in [-0.25, -0.2) is 26.3 Å². The third-order valence-corrected chi connectivity index (χ3v) is 5.21. The Hall–Kier alpha value is -2.85. The lowest BCUT2D eigenvalue weighted by molar-refractivity contribution is -0.119. The fraction of sp³-hybridized carbons (Fsp3) is 0.176. The third kappa shape index (κ3) is 4.86. The average Bonchev–Trinajstić information content (AvgIpc) is 2.60. The molecule has 0 saturated heterocycles. The first kappa shape index (κ1) is 20.5. The minimum Gasteiger partial charge on any atom is -0.452 e. The van der Waals surface area contributed by atoms with Crippen LogP contribution in [0.4, 0.5) is 14.5 Å². The Morgan fingerprint density at radius 1 is 1.07 bits per heavy atom. The van der Waals surface area contributed by atoms with Crippen LogP contribution in [0.25, 0.3) is 0 Å². The molecule has 0 bridgehead atoms. The number of nitrogens with one attached hydrogen (secondary N) is 1. The van der Waals surface area contributed by atoms with Crippen LogP contribution in [0.15, 0.2) is 47.4 Å². The number of hydrogen-bond donors (Lipinski definition) is 1. The molecule has 0 radical (unpaired) electrons. The average molecular weight is 398 g/mol. The van der Waals surface area contributed by atoms with Crippen molar-refractivity contribution >= 4 is 27.6 Å². The number of halogens is 2. The van der Waals surface area contributed by atoms with Gasteiger partial charge in [-0.2, -0.15) is 0 Å². The maximum absolute atomic E-state index is 13.5. The number of amides is 1. The normalized spacial score (nSPS) is 11.3. The van der Waals surface area contributed by atoms with Crippen molar-refractivity contribution in [3.63, 3.8) is 0 Å². The van der Waals surface area contributed by atoms with Crippen molar-refractivity contribution in [3.8, 4) is 0 Å². The first-order valence-electron chi connectivity index (χ1n) is 7.56. The van der Waals surface area contributed by atoms with Crippen LogP contribution in [0.3, 0.4) is 0 Å². The Balaban J connectivity index is 2.04. The maximum atomic E-state index is 13.5. The van der Waals surface area contributed by atoms with Crippen LogP contribution in [0, 0.1) is 11.6 Å². The predicted molar refractivity (Wildman–Crippen MR) is 92.6 cm³/mol. The number of benzene rings is 2. The van der Waals surface area contributed by atoms with Crippen molar-refractivity contribution in [2.75, 3.05) is 26.0 Å². The summed E-state index contributed by atoms with van der Waals surface area (Å²) in [6, 6.07) is 8.30. The molecule has 0 unspecified atom stereocenters. The molecule has 0 atom stereocenters. The molecule has 0 spiro atoms. The number of esters is 1. The smallest absolute Gasteiger partial charge is 0.344 e.